The summed E-state index contributed by atoms with van der Waals surface area (Å²) in [4.78, 5) is 33.0. The van der Waals surface area contributed by atoms with Crippen molar-refractivity contribution in [2.24, 2.45) is 0 Å². The van der Waals surface area contributed by atoms with Crippen LogP contribution in [-0.2, 0) is 0 Å². The SMILES string of the molecule is O=C1c2c(cccc2[N+](=O)[O-])-c2cccc([N+](=O)[O-])c21. The first-order valence-corrected chi connectivity index (χ1v) is 5.62. The molecule has 0 aromatic heterocycles. The van der Waals surface area contributed by atoms with Gasteiger partial charge in [0.1, 0.15) is 11.1 Å². The molecule has 7 nitrogen and oxygen atoms in total. The normalized spacial score (nSPS) is 11.9. The lowest BCUT2D eigenvalue weighted by Gasteiger charge is -1.99. The molecule has 0 spiro atoms. The molecular formula is C13H6N2O5. The predicted molar refractivity (Wildman–Crippen MR) is 68.6 cm³/mol. The van der Waals surface area contributed by atoms with Crippen LogP contribution in [0.2, 0.25) is 0 Å². The predicted octanol–water partition coefficient (Wildman–Crippen LogP) is 2.71. The van der Waals surface area contributed by atoms with Crippen LogP contribution in [0.3, 0.4) is 0 Å². The van der Waals surface area contributed by atoms with E-state index in [9.17, 15) is 25.0 Å². The van der Waals surface area contributed by atoms with E-state index in [4.69, 9.17) is 0 Å². The first-order valence-electron chi connectivity index (χ1n) is 5.62. The molecule has 0 N–H and O–H groups in total. The average molecular weight is 270 g/mol. The number of benzene rings is 2. The Morgan fingerprint density at radius 1 is 0.750 bits per heavy atom. The number of nitrogens with zero attached hydrogens (tertiary/aromatic N) is 2. The van der Waals surface area contributed by atoms with Crippen LogP contribution in [0.1, 0.15) is 15.9 Å². The maximum absolute atomic E-state index is 12.3. The van der Waals surface area contributed by atoms with E-state index < -0.39 is 15.6 Å². The van der Waals surface area contributed by atoms with E-state index in [0.29, 0.717) is 11.1 Å². The zero-order valence-corrected chi connectivity index (χ0v) is 9.90. The van der Waals surface area contributed by atoms with Crippen molar-refractivity contribution in [3.8, 4) is 11.1 Å². The van der Waals surface area contributed by atoms with Gasteiger partial charge in [-0.2, -0.15) is 0 Å². The lowest BCUT2D eigenvalue weighted by atomic mass is 10.0. The van der Waals surface area contributed by atoms with Gasteiger partial charge < -0.3 is 0 Å². The van der Waals surface area contributed by atoms with Crippen molar-refractivity contribution >= 4 is 17.2 Å². The largest absolute Gasteiger partial charge is 0.288 e. The fourth-order valence-electron chi connectivity index (χ4n) is 2.44. The highest BCUT2D eigenvalue weighted by Crippen LogP contribution is 2.44. The molecule has 1 aliphatic rings. The third-order valence-corrected chi connectivity index (χ3v) is 3.22. The van der Waals surface area contributed by atoms with Gasteiger partial charge in [-0.05, 0) is 0 Å². The maximum atomic E-state index is 12.3. The molecule has 20 heavy (non-hydrogen) atoms. The smallest absolute Gasteiger partial charge is 0.281 e. The van der Waals surface area contributed by atoms with Crippen molar-refractivity contribution in [1.82, 2.24) is 0 Å². The van der Waals surface area contributed by atoms with Crippen LogP contribution in [0.15, 0.2) is 36.4 Å². The molecule has 0 radical (unpaired) electrons. The summed E-state index contributed by atoms with van der Waals surface area (Å²) in [6.45, 7) is 0. The van der Waals surface area contributed by atoms with Crippen molar-refractivity contribution in [3.05, 3.63) is 67.8 Å². The molecule has 0 unspecified atom stereocenters. The molecule has 0 atom stereocenters. The first-order chi connectivity index (χ1) is 9.52. The Labute approximate surface area is 111 Å². The van der Waals surface area contributed by atoms with Crippen molar-refractivity contribution < 1.29 is 14.6 Å². The minimum atomic E-state index is -0.672. The number of fused-ring (bicyclic) bond motifs is 3. The quantitative estimate of drug-likeness (QED) is 0.526. The van der Waals surface area contributed by atoms with E-state index in [2.05, 4.69) is 0 Å². The van der Waals surface area contributed by atoms with Crippen LogP contribution >= 0.6 is 0 Å². The molecule has 0 saturated heterocycles. The van der Waals surface area contributed by atoms with Gasteiger partial charge in [-0.3, -0.25) is 25.0 Å². The Bertz CT molecular complexity index is 732. The minimum Gasteiger partial charge on any atom is -0.288 e. The van der Waals surface area contributed by atoms with Gasteiger partial charge in [0.25, 0.3) is 11.4 Å². The number of ketones is 1. The summed E-state index contributed by atoms with van der Waals surface area (Å²) in [7, 11) is 0. The molecule has 0 aliphatic heterocycles. The van der Waals surface area contributed by atoms with Crippen molar-refractivity contribution in [2.75, 3.05) is 0 Å². The molecule has 0 amide bonds. The molecule has 3 rings (SSSR count). The number of nitro benzene ring substituents is 2. The molecule has 0 saturated carbocycles. The number of carbonyl (C=O) groups excluding carboxylic acids is 1. The van der Waals surface area contributed by atoms with E-state index in [1.807, 2.05) is 0 Å². The van der Waals surface area contributed by atoms with Crippen LogP contribution in [0.25, 0.3) is 11.1 Å². The summed E-state index contributed by atoms with van der Waals surface area (Å²) in [6, 6.07) is 8.45. The monoisotopic (exact) mass is 270 g/mol. The number of hydrogen-bond donors (Lipinski definition) is 0. The highest BCUT2D eigenvalue weighted by Gasteiger charge is 2.38. The fourth-order valence-corrected chi connectivity index (χ4v) is 2.44. The molecule has 2 aromatic carbocycles. The highest BCUT2D eigenvalue weighted by molar-refractivity contribution is 6.25. The van der Waals surface area contributed by atoms with E-state index in [1.54, 1.807) is 12.1 Å². The van der Waals surface area contributed by atoms with Gasteiger partial charge in [0.15, 0.2) is 0 Å². The Hall–Kier alpha value is -3.09. The molecule has 2 aromatic rings. The molecule has 98 valence electrons. The third-order valence-electron chi connectivity index (χ3n) is 3.22. The van der Waals surface area contributed by atoms with Crippen molar-refractivity contribution in [1.29, 1.82) is 0 Å². The second-order valence-electron chi connectivity index (χ2n) is 4.24. The average Bonchev–Trinajstić information content (AvgIpc) is 2.72. The van der Waals surface area contributed by atoms with E-state index >= 15 is 0 Å². The summed E-state index contributed by atoms with van der Waals surface area (Å²) in [6.07, 6.45) is 0. The lowest BCUT2D eigenvalue weighted by Crippen LogP contribution is -2.03. The van der Waals surface area contributed by atoms with Crippen molar-refractivity contribution in [2.45, 2.75) is 0 Å². The van der Waals surface area contributed by atoms with Crippen LogP contribution < -0.4 is 0 Å². The van der Waals surface area contributed by atoms with Gasteiger partial charge in [-0.15, -0.1) is 0 Å². The Morgan fingerprint density at radius 2 is 1.15 bits per heavy atom. The van der Waals surface area contributed by atoms with Gasteiger partial charge in [0.05, 0.1) is 9.85 Å². The molecule has 0 heterocycles. The van der Waals surface area contributed by atoms with E-state index in [1.165, 1.54) is 24.3 Å². The zero-order chi connectivity index (χ0) is 14.4. The van der Waals surface area contributed by atoms with E-state index in [-0.39, 0.29) is 22.5 Å². The molecule has 0 fully saturated rings. The van der Waals surface area contributed by atoms with Crippen molar-refractivity contribution in [3.63, 3.8) is 0 Å². The van der Waals surface area contributed by atoms with Gasteiger partial charge >= 0.3 is 0 Å². The Balaban J connectivity index is 2.38. The van der Waals surface area contributed by atoms with Crippen LogP contribution in [0, 0.1) is 20.2 Å². The highest BCUT2D eigenvalue weighted by atomic mass is 16.6. The van der Waals surface area contributed by atoms with Gasteiger partial charge in [0.2, 0.25) is 5.78 Å². The third kappa shape index (κ3) is 1.43. The fraction of sp³-hybridized carbons (Fsp3) is 0. The second-order valence-corrected chi connectivity index (χ2v) is 4.24. The topological polar surface area (TPSA) is 103 Å². The van der Waals surface area contributed by atoms with Gasteiger partial charge in [-0.25, -0.2) is 0 Å². The van der Waals surface area contributed by atoms with Gasteiger partial charge in [-0.1, -0.05) is 24.3 Å². The number of rotatable bonds is 2. The molecule has 0 bridgehead atoms. The molecule has 1 aliphatic carbocycles. The second kappa shape index (κ2) is 3.95. The first kappa shape index (κ1) is 12.0. The lowest BCUT2D eigenvalue weighted by molar-refractivity contribution is -0.385. The summed E-state index contributed by atoms with van der Waals surface area (Å²) in [5, 5.41) is 22.0. The van der Waals surface area contributed by atoms with Crippen LogP contribution in [-0.4, -0.2) is 15.6 Å². The number of carbonyl (C=O) groups is 1. The Kier molecular flexibility index (Phi) is 2.37. The maximum Gasteiger partial charge on any atom is 0.281 e. The summed E-state index contributed by atoms with van der Waals surface area (Å²) >= 11 is 0. The standard InChI is InChI=1S/C13H6N2O5/c16-13-11-7(3-1-5-9(11)14(17)18)8-4-2-6-10(12(8)13)15(19)20/h1-6H. The number of nitro groups is 2. The van der Waals surface area contributed by atoms with Gasteiger partial charge in [0, 0.05) is 23.3 Å². The van der Waals surface area contributed by atoms with Crippen LogP contribution in [0.5, 0.6) is 0 Å². The molecule has 7 heteroatoms. The van der Waals surface area contributed by atoms with Crippen LogP contribution in [0.4, 0.5) is 11.4 Å². The van der Waals surface area contributed by atoms with E-state index in [0.717, 1.165) is 0 Å². The minimum absolute atomic E-state index is 0.0817. The summed E-state index contributed by atoms with van der Waals surface area (Å²) in [5.74, 6) is -0.672. The zero-order valence-electron chi connectivity index (χ0n) is 9.90. The molecular weight excluding hydrogens is 264 g/mol. The summed E-state index contributed by atoms with van der Waals surface area (Å²) < 4.78 is 0. The number of hydrogen-bond acceptors (Lipinski definition) is 5. The Morgan fingerprint density at radius 3 is 1.50 bits per heavy atom. The summed E-state index contributed by atoms with van der Waals surface area (Å²) in [5.41, 5.74) is -0.106.